The lowest BCUT2D eigenvalue weighted by Gasteiger charge is -2.07. The number of esters is 1. The first kappa shape index (κ1) is 18.5. The molecule has 25 heavy (non-hydrogen) atoms. The maximum absolute atomic E-state index is 12.8. The smallest absolute Gasteiger partial charge is 0.352 e. The van der Waals surface area contributed by atoms with E-state index in [2.05, 4.69) is 20.2 Å². The third-order valence-corrected chi connectivity index (χ3v) is 3.73. The van der Waals surface area contributed by atoms with E-state index in [-0.39, 0.29) is 11.4 Å². The van der Waals surface area contributed by atoms with Crippen LogP contribution in [-0.2, 0) is 20.7 Å². The van der Waals surface area contributed by atoms with Gasteiger partial charge in [-0.1, -0.05) is 11.4 Å². The highest BCUT2D eigenvalue weighted by molar-refractivity contribution is 7.07. The van der Waals surface area contributed by atoms with Crippen molar-refractivity contribution in [3.8, 4) is 0 Å². The lowest BCUT2D eigenvalue weighted by Crippen LogP contribution is -2.35. The first-order valence-corrected chi connectivity index (χ1v) is 8.07. The number of hydrogen-bond donors (Lipinski definition) is 2. The van der Waals surface area contributed by atoms with Gasteiger partial charge in [0.2, 0.25) is 5.91 Å². The molecule has 0 unspecified atom stereocenters. The Kier molecular flexibility index (Phi) is 6.52. The van der Waals surface area contributed by atoms with Crippen LogP contribution in [0.3, 0.4) is 0 Å². The van der Waals surface area contributed by atoms with E-state index in [0.29, 0.717) is 17.8 Å². The molecule has 0 aliphatic rings. The lowest BCUT2D eigenvalue weighted by atomic mass is 10.3. The zero-order valence-corrected chi connectivity index (χ0v) is 14.1. The fourth-order valence-electron chi connectivity index (χ4n) is 1.76. The lowest BCUT2D eigenvalue weighted by molar-refractivity contribution is -0.126. The van der Waals surface area contributed by atoms with Crippen molar-refractivity contribution in [2.75, 3.05) is 18.5 Å². The molecular formula is C15H15FN4O4S. The summed E-state index contributed by atoms with van der Waals surface area (Å²) in [4.78, 5) is 35.4. The van der Waals surface area contributed by atoms with Gasteiger partial charge in [-0.25, -0.2) is 9.18 Å². The van der Waals surface area contributed by atoms with Gasteiger partial charge in [0.15, 0.2) is 11.5 Å². The van der Waals surface area contributed by atoms with Crippen LogP contribution < -0.4 is 10.6 Å². The highest BCUT2D eigenvalue weighted by Crippen LogP contribution is 2.12. The minimum absolute atomic E-state index is 0.254. The summed E-state index contributed by atoms with van der Waals surface area (Å²) >= 11 is 0.896. The van der Waals surface area contributed by atoms with E-state index in [1.165, 1.54) is 24.3 Å². The van der Waals surface area contributed by atoms with Crippen molar-refractivity contribution in [2.45, 2.75) is 13.3 Å². The number of aromatic nitrogens is 2. The Morgan fingerprint density at radius 2 is 1.92 bits per heavy atom. The van der Waals surface area contributed by atoms with Crippen LogP contribution in [0.5, 0.6) is 0 Å². The molecule has 0 spiro atoms. The summed E-state index contributed by atoms with van der Waals surface area (Å²) < 4.78 is 21.3. The summed E-state index contributed by atoms with van der Waals surface area (Å²) in [5.74, 6) is -2.22. The first-order chi connectivity index (χ1) is 12.0. The standard InChI is InChI=1S/C15H15FN4O4S/c1-2-11-14(25-20-19-11)15(23)24-8-13(22)17-7-12(21)18-10-5-3-9(16)4-6-10/h3-6H,2,7-8H2,1H3,(H,17,22)(H,18,21). The maximum Gasteiger partial charge on any atom is 0.352 e. The molecule has 0 saturated carbocycles. The molecule has 0 bridgehead atoms. The molecule has 2 N–H and O–H groups in total. The Hall–Kier alpha value is -2.88. The molecule has 2 rings (SSSR count). The van der Waals surface area contributed by atoms with Gasteiger partial charge in [-0.3, -0.25) is 9.59 Å². The number of nitrogens with one attached hydrogen (secondary N) is 2. The van der Waals surface area contributed by atoms with E-state index in [9.17, 15) is 18.8 Å². The number of aryl methyl sites for hydroxylation is 1. The van der Waals surface area contributed by atoms with Crippen LogP contribution in [-0.4, -0.2) is 40.5 Å². The molecule has 8 nitrogen and oxygen atoms in total. The van der Waals surface area contributed by atoms with Crippen molar-refractivity contribution in [1.29, 1.82) is 0 Å². The maximum atomic E-state index is 12.8. The molecule has 1 heterocycles. The molecule has 0 radical (unpaired) electrons. The summed E-state index contributed by atoms with van der Waals surface area (Å²) in [5.41, 5.74) is 0.908. The molecule has 0 saturated heterocycles. The second kappa shape index (κ2) is 8.83. The number of hydrogen-bond acceptors (Lipinski definition) is 7. The van der Waals surface area contributed by atoms with Gasteiger partial charge in [0.25, 0.3) is 5.91 Å². The van der Waals surface area contributed by atoms with Gasteiger partial charge < -0.3 is 15.4 Å². The fourth-order valence-corrected chi connectivity index (χ4v) is 2.40. The number of ether oxygens (including phenoxy) is 1. The van der Waals surface area contributed by atoms with E-state index >= 15 is 0 Å². The predicted octanol–water partition coefficient (Wildman–Crippen LogP) is 1.15. The van der Waals surface area contributed by atoms with Crippen molar-refractivity contribution in [1.82, 2.24) is 14.9 Å². The summed E-state index contributed by atoms with van der Waals surface area (Å²) in [5, 5.41) is 8.58. The second-order valence-corrected chi connectivity index (χ2v) is 5.56. The number of amides is 2. The molecule has 0 fully saturated rings. The average Bonchev–Trinajstić information content (AvgIpc) is 3.08. The zero-order chi connectivity index (χ0) is 18.2. The Bertz CT molecular complexity index is 763. The number of nitrogens with zero attached hydrogens (tertiary/aromatic N) is 2. The van der Waals surface area contributed by atoms with Crippen molar-refractivity contribution in [3.05, 3.63) is 40.7 Å². The van der Waals surface area contributed by atoms with Gasteiger partial charge in [0.1, 0.15) is 5.82 Å². The van der Waals surface area contributed by atoms with Crippen molar-refractivity contribution in [2.24, 2.45) is 0 Å². The highest BCUT2D eigenvalue weighted by Gasteiger charge is 2.17. The minimum Gasteiger partial charge on any atom is -0.451 e. The van der Waals surface area contributed by atoms with Crippen LogP contribution in [0.15, 0.2) is 24.3 Å². The van der Waals surface area contributed by atoms with E-state index in [1.807, 2.05) is 6.92 Å². The van der Waals surface area contributed by atoms with Gasteiger partial charge >= 0.3 is 5.97 Å². The number of benzene rings is 1. The van der Waals surface area contributed by atoms with Crippen molar-refractivity contribution >= 4 is 35.0 Å². The number of rotatable bonds is 7. The molecule has 0 aliphatic heterocycles. The molecule has 2 amide bonds. The molecule has 10 heteroatoms. The molecule has 0 aliphatic carbocycles. The second-order valence-electron chi connectivity index (χ2n) is 4.81. The molecule has 1 aromatic heterocycles. The van der Waals surface area contributed by atoms with Crippen LogP contribution in [0.1, 0.15) is 22.3 Å². The third kappa shape index (κ3) is 5.60. The molecule has 0 atom stereocenters. The number of carbonyl (C=O) groups is 3. The van der Waals surface area contributed by atoms with Crippen LogP contribution >= 0.6 is 11.5 Å². The highest BCUT2D eigenvalue weighted by atomic mass is 32.1. The summed E-state index contributed by atoms with van der Waals surface area (Å²) in [6.45, 7) is 0.986. The van der Waals surface area contributed by atoms with Gasteiger partial charge in [-0.15, -0.1) is 5.10 Å². The molecule has 1 aromatic carbocycles. The van der Waals surface area contributed by atoms with Crippen molar-refractivity contribution in [3.63, 3.8) is 0 Å². The quantitative estimate of drug-likeness (QED) is 0.712. The van der Waals surface area contributed by atoms with Gasteiger partial charge in [-0.05, 0) is 42.2 Å². The minimum atomic E-state index is -0.683. The number of halogens is 1. The number of carbonyl (C=O) groups excluding carboxylic acids is 3. The molecule has 2 aromatic rings. The Morgan fingerprint density at radius 3 is 2.60 bits per heavy atom. The van der Waals surface area contributed by atoms with Crippen LogP contribution in [0.4, 0.5) is 10.1 Å². The first-order valence-electron chi connectivity index (χ1n) is 7.30. The molecule has 132 valence electrons. The molecular weight excluding hydrogens is 351 g/mol. The monoisotopic (exact) mass is 366 g/mol. The van der Waals surface area contributed by atoms with E-state index in [1.54, 1.807) is 0 Å². The van der Waals surface area contributed by atoms with Crippen LogP contribution in [0.2, 0.25) is 0 Å². The Balaban J connectivity index is 1.72. The van der Waals surface area contributed by atoms with Crippen LogP contribution in [0, 0.1) is 5.82 Å². The van der Waals surface area contributed by atoms with Gasteiger partial charge in [-0.2, -0.15) is 0 Å². The third-order valence-electron chi connectivity index (χ3n) is 2.98. The van der Waals surface area contributed by atoms with Gasteiger partial charge in [0, 0.05) is 5.69 Å². The topological polar surface area (TPSA) is 110 Å². The SMILES string of the molecule is CCc1nnsc1C(=O)OCC(=O)NCC(=O)Nc1ccc(F)cc1. The Labute approximate surface area is 146 Å². The zero-order valence-electron chi connectivity index (χ0n) is 13.2. The van der Waals surface area contributed by atoms with E-state index in [4.69, 9.17) is 4.74 Å². The summed E-state index contributed by atoms with van der Waals surface area (Å²) in [6.07, 6.45) is 0.524. The average molecular weight is 366 g/mol. The largest absolute Gasteiger partial charge is 0.451 e. The van der Waals surface area contributed by atoms with Gasteiger partial charge in [0.05, 0.1) is 12.2 Å². The van der Waals surface area contributed by atoms with Crippen LogP contribution in [0.25, 0.3) is 0 Å². The number of anilines is 1. The normalized spacial score (nSPS) is 10.2. The van der Waals surface area contributed by atoms with E-state index < -0.39 is 30.2 Å². The fraction of sp³-hybridized carbons (Fsp3) is 0.267. The van der Waals surface area contributed by atoms with Crippen molar-refractivity contribution < 1.29 is 23.5 Å². The predicted molar refractivity (Wildman–Crippen MR) is 87.6 cm³/mol. The summed E-state index contributed by atoms with van der Waals surface area (Å²) in [6, 6.07) is 5.19. The summed E-state index contributed by atoms with van der Waals surface area (Å²) in [7, 11) is 0. The Morgan fingerprint density at radius 1 is 1.20 bits per heavy atom. The van der Waals surface area contributed by atoms with E-state index in [0.717, 1.165) is 11.5 Å².